The Labute approximate surface area is 394 Å². The Morgan fingerprint density at radius 1 is 0.515 bits per heavy atom. The van der Waals surface area contributed by atoms with E-state index < -0.39 is 91.6 Å². The van der Waals surface area contributed by atoms with Crippen LogP contribution in [0.25, 0.3) is 0 Å². The molecule has 17 nitrogen and oxygen atoms in total. The predicted molar refractivity (Wildman–Crippen MR) is 241 cm³/mol. The van der Waals surface area contributed by atoms with Crippen LogP contribution in [-0.4, -0.2) is 101 Å². The van der Waals surface area contributed by atoms with Crippen molar-refractivity contribution in [2.75, 3.05) is 13.2 Å². The predicted octanol–water partition coefficient (Wildman–Crippen LogP) is 6.34. The minimum Gasteiger partial charge on any atom is -0.463 e. The maximum Gasteiger partial charge on any atom is 0.303 e. The number of hydrogen-bond donors (Lipinski definition) is 0. The van der Waals surface area contributed by atoms with Crippen molar-refractivity contribution in [2.24, 2.45) is 0 Å². The van der Waals surface area contributed by atoms with Crippen molar-refractivity contribution in [3.05, 3.63) is 155 Å². The molecular weight excluding hydrogens is 879 g/mol. The van der Waals surface area contributed by atoms with Crippen molar-refractivity contribution in [1.82, 2.24) is 15.0 Å². The Balaban J connectivity index is 1.28. The van der Waals surface area contributed by atoms with E-state index in [9.17, 15) is 19.2 Å². The quantitative estimate of drug-likeness (QED) is 0.0450. The second-order valence-corrected chi connectivity index (χ2v) is 16.4. The molecule has 0 aliphatic carbocycles. The zero-order valence-electron chi connectivity index (χ0n) is 38.4. The van der Waals surface area contributed by atoms with Crippen LogP contribution in [0.2, 0.25) is 0 Å². The van der Waals surface area contributed by atoms with Crippen LogP contribution in [0, 0.1) is 0 Å². The van der Waals surface area contributed by atoms with Crippen LogP contribution in [0.15, 0.2) is 128 Å². The Bertz CT molecular complexity index is 2360. The molecule has 0 amide bonds. The van der Waals surface area contributed by atoms with E-state index in [1.54, 1.807) is 6.20 Å². The van der Waals surface area contributed by atoms with E-state index in [1.165, 1.54) is 18.5 Å². The first-order chi connectivity index (χ1) is 33.0. The third-order valence-corrected chi connectivity index (χ3v) is 11.2. The third-order valence-electron chi connectivity index (χ3n) is 11.2. The fourth-order valence-corrected chi connectivity index (χ4v) is 8.19. The molecule has 68 heavy (non-hydrogen) atoms. The number of ether oxygens (including phenoxy) is 10. The van der Waals surface area contributed by atoms with E-state index in [0.29, 0.717) is 19.6 Å². The van der Waals surface area contributed by atoms with Gasteiger partial charge in [0.1, 0.15) is 42.8 Å². The van der Waals surface area contributed by atoms with Gasteiger partial charge in [0.15, 0.2) is 24.5 Å². The van der Waals surface area contributed by atoms with E-state index in [2.05, 4.69) is 10.3 Å². The second kappa shape index (κ2) is 24.6. The molecule has 10 atom stereocenters. The molecule has 2 aliphatic heterocycles. The summed E-state index contributed by atoms with van der Waals surface area (Å²) in [5.41, 5.74) is 4.07. The topological polar surface area (TPSA) is 191 Å². The summed E-state index contributed by atoms with van der Waals surface area (Å²) in [7, 11) is 0. The number of nitrogens with zero attached hydrogens (tertiary/aromatic N) is 3. The van der Waals surface area contributed by atoms with Crippen molar-refractivity contribution in [2.45, 2.75) is 122 Å². The summed E-state index contributed by atoms with van der Waals surface area (Å²) < 4.78 is 64.0. The van der Waals surface area contributed by atoms with E-state index in [1.807, 2.05) is 121 Å². The molecule has 0 saturated carbocycles. The standard InChI is InChI=1S/C51H57N3O14/c1-33(55)60-32-43-46(64-34(2)56)49(65-35(3)57)50(66-36(4)58)51(68-43)54-27-41(52-53-54)44-47(62-30-39-21-13-7-14-22-39)48(63-31-40-23-15-8-16-24-40)45(61-29-38-19-11-6-12-20-38)42(67-44)25-26-59-28-37-17-9-5-10-18-37/h5-24,27,42-51H,25-26,28-32H2,1-4H3/t42-,43-,44-,45-,46-,47-,48+,49+,50+,51+/m1/s1. The lowest BCUT2D eigenvalue weighted by Gasteiger charge is -2.46. The van der Waals surface area contributed by atoms with Gasteiger partial charge >= 0.3 is 23.9 Å². The van der Waals surface area contributed by atoms with Crippen LogP contribution < -0.4 is 0 Å². The fraction of sp³-hybridized carbons (Fsp3) is 0.412. The number of benzene rings is 4. The maximum absolute atomic E-state index is 12.7. The van der Waals surface area contributed by atoms with Gasteiger partial charge < -0.3 is 47.4 Å². The molecule has 4 aromatic carbocycles. The highest BCUT2D eigenvalue weighted by molar-refractivity contribution is 5.68. The second-order valence-electron chi connectivity index (χ2n) is 16.4. The number of hydrogen-bond acceptors (Lipinski definition) is 16. The number of carbonyl (C=O) groups excluding carboxylic acids is 4. The van der Waals surface area contributed by atoms with Gasteiger partial charge in [-0.1, -0.05) is 127 Å². The molecule has 0 N–H and O–H groups in total. The van der Waals surface area contributed by atoms with Crippen LogP contribution in [-0.2, 0) is 93.0 Å². The normalized spacial score (nSPS) is 24.6. The number of carbonyl (C=O) groups is 4. The maximum atomic E-state index is 12.7. The van der Waals surface area contributed by atoms with Gasteiger partial charge in [0.2, 0.25) is 0 Å². The number of esters is 4. The average Bonchev–Trinajstić information content (AvgIpc) is 3.83. The summed E-state index contributed by atoms with van der Waals surface area (Å²) in [5.74, 6) is -2.93. The van der Waals surface area contributed by atoms with Gasteiger partial charge in [-0.05, 0) is 28.7 Å². The molecule has 1 aromatic heterocycles. The average molecular weight is 936 g/mol. The molecule has 2 aliphatic rings. The largest absolute Gasteiger partial charge is 0.463 e. The molecule has 7 rings (SSSR count). The summed E-state index contributed by atoms with van der Waals surface area (Å²) in [6, 6.07) is 39.1. The summed E-state index contributed by atoms with van der Waals surface area (Å²) >= 11 is 0. The van der Waals surface area contributed by atoms with Gasteiger partial charge in [0.05, 0.1) is 38.7 Å². The van der Waals surface area contributed by atoms with Crippen LogP contribution in [0.3, 0.4) is 0 Å². The van der Waals surface area contributed by atoms with Gasteiger partial charge in [0.25, 0.3) is 0 Å². The van der Waals surface area contributed by atoms with Gasteiger partial charge in [-0.15, -0.1) is 5.10 Å². The van der Waals surface area contributed by atoms with E-state index in [-0.39, 0.29) is 25.5 Å². The number of aromatic nitrogens is 3. The molecule has 0 radical (unpaired) electrons. The lowest BCUT2D eigenvalue weighted by molar-refractivity contribution is -0.271. The molecule has 2 fully saturated rings. The Hall–Kier alpha value is -6.34. The van der Waals surface area contributed by atoms with Crippen molar-refractivity contribution in [3.8, 4) is 0 Å². The molecule has 17 heteroatoms. The highest BCUT2D eigenvalue weighted by atomic mass is 16.7. The van der Waals surface area contributed by atoms with E-state index in [4.69, 9.17) is 47.4 Å². The first kappa shape index (κ1) is 49.6. The fourth-order valence-electron chi connectivity index (χ4n) is 8.19. The highest BCUT2D eigenvalue weighted by Crippen LogP contribution is 2.40. The summed E-state index contributed by atoms with van der Waals surface area (Å²) in [5, 5.41) is 9.07. The Morgan fingerprint density at radius 2 is 0.985 bits per heavy atom. The zero-order valence-corrected chi connectivity index (χ0v) is 38.4. The third kappa shape index (κ3) is 13.9. The first-order valence-corrected chi connectivity index (χ1v) is 22.5. The van der Waals surface area contributed by atoms with Crippen LogP contribution in [0.1, 0.15) is 74.4 Å². The molecule has 5 aromatic rings. The summed E-state index contributed by atoms with van der Waals surface area (Å²) in [6.45, 7) is 5.57. The van der Waals surface area contributed by atoms with E-state index in [0.717, 1.165) is 36.1 Å². The first-order valence-electron chi connectivity index (χ1n) is 22.5. The van der Waals surface area contributed by atoms with Gasteiger partial charge in [0, 0.05) is 34.3 Å². The zero-order chi connectivity index (χ0) is 47.8. The minimum atomic E-state index is -1.44. The highest BCUT2D eigenvalue weighted by Gasteiger charge is 2.54. The number of rotatable bonds is 21. The van der Waals surface area contributed by atoms with E-state index >= 15 is 0 Å². The van der Waals surface area contributed by atoms with Crippen LogP contribution in [0.5, 0.6) is 0 Å². The van der Waals surface area contributed by atoms with Crippen LogP contribution in [0.4, 0.5) is 0 Å². The molecule has 360 valence electrons. The van der Waals surface area contributed by atoms with Crippen molar-refractivity contribution < 1.29 is 66.5 Å². The smallest absolute Gasteiger partial charge is 0.303 e. The molecular formula is C51H57N3O14. The monoisotopic (exact) mass is 935 g/mol. The minimum absolute atomic E-state index is 0.167. The molecule has 0 unspecified atom stereocenters. The van der Waals surface area contributed by atoms with Crippen LogP contribution >= 0.6 is 0 Å². The Kier molecular flexibility index (Phi) is 17.9. The lowest BCUT2D eigenvalue weighted by Crippen LogP contribution is -2.60. The van der Waals surface area contributed by atoms with Gasteiger partial charge in [-0.25, -0.2) is 4.68 Å². The summed E-state index contributed by atoms with van der Waals surface area (Å²) in [4.78, 5) is 49.8. The van der Waals surface area contributed by atoms with Crippen molar-refractivity contribution in [1.29, 1.82) is 0 Å². The summed E-state index contributed by atoms with van der Waals surface area (Å²) in [6.07, 6.45) is -8.82. The lowest BCUT2D eigenvalue weighted by atomic mass is 9.91. The molecule has 0 bridgehead atoms. The van der Waals surface area contributed by atoms with Crippen molar-refractivity contribution >= 4 is 23.9 Å². The molecule has 2 saturated heterocycles. The van der Waals surface area contributed by atoms with Gasteiger partial charge in [-0.3, -0.25) is 19.2 Å². The van der Waals surface area contributed by atoms with Crippen molar-refractivity contribution in [3.63, 3.8) is 0 Å². The van der Waals surface area contributed by atoms with Gasteiger partial charge in [-0.2, -0.15) is 0 Å². The molecule has 3 heterocycles. The Morgan fingerprint density at radius 3 is 1.50 bits per heavy atom. The SMILES string of the molecule is CC(=O)OC[C@H]1O[C@H](n2cc([C@H]3O[C@H](CCOCc4ccccc4)[C@@H](OCc4ccccc4)[C@H](OCc4ccccc4)[C@@H]3OCc3ccccc3)nn2)[C@@H](OC(C)=O)[C@@H](OC(C)=O)[C@@H]1OC(C)=O. The molecule has 0 spiro atoms.